The summed E-state index contributed by atoms with van der Waals surface area (Å²) in [4.78, 5) is 24.7. The second-order valence-electron chi connectivity index (χ2n) is 5.89. The minimum atomic E-state index is -1.03. The smallest absolute Gasteiger partial charge is 0.341 e. The lowest BCUT2D eigenvalue weighted by Gasteiger charge is -2.19. The van der Waals surface area contributed by atoms with Crippen LogP contribution in [-0.2, 0) is 22.6 Å². The van der Waals surface area contributed by atoms with Crippen molar-refractivity contribution < 1.29 is 28.9 Å². The lowest BCUT2D eigenvalue weighted by Crippen LogP contribution is -2.28. The van der Waals surface area contributed by atoms with E-state index in [1.807, 2.05) is 6.07 Å². The van der Waals surface area contributed by atoms with E-state index in [2.05, 4.69) is 0 Å². The van der Waals surface area contributed by atoms with Crippen LogP contribution >= 0.6 is 0 Å². The number of ether oxygens (including phenoxy) is 3. The van der Waals surface area contributed by atoms with Crippen molar-refractivity contribution in [2.24, 2.45) is 0 Å². The summed E-state index contributed by atoms with van der Waals surface area (Å²) in [6, 6.07) is 12.3. The van der Waals surface area contributed by atoms with Gasteiger partial charge >= 0.3 is 5.97 Å². The molecule has 0 saturated heterocycles. The highest BCUT2D eigenvalue weighted by Crippen LogP contribution is 2.29. The van der Waals surface area contributed by atoms with Crippen molar-refractivity contribution in [3.63, 3.8) is 0 Å². The largest absolute Gasteiger partial charge is 0.496 e. The monoisotopic (exact) mass is 373 g/mol. The number of benzene rings is 2. The van der Waals surface area contributed by atoms with E-state index < -0.39 is 12.6 Å². The Bertz CT molecular complexity index is 765. The van der Waals surface area contributed by atoms with Crippen LogP contribution in [0.15, 0.2) is 42.5 Å². The molecule has 144 valence electrons. The maximum atomic E-state index is 12.6. The number of hydrogen-bond acceptors (Lipinski definition) is 5. The summed E-state index contributed by atoms with van der Waals surface area (Å²) < 4.78 is 15.8. The molecule has 0 heterocycles. The molecule has 0 saturated carbocycles. The van der Waals surface area contributed by atoms with E-state index >= 15 is 0 Å². The van der Waals surface area contributed by atoms with Gasteiger partial charge in [-0.25, -0.2) is 4.79 Å². The molecule has 27 heavy (non-hydrogen) atoms. The number of carbonyl (C=O) groups is 2. The molecular weight excluding hydrogens is 350 g/mol. The molecule has 2 rings (SSSR count). The normalized spacial score (nSPS) is 10.2. The number of carboxylic acids is 1. The van der Waals surface area contributed by atoms with Crippen LogP contribution in [0.4, 0.5) is 0 Å². The third kappa shape index (κ3) is 5.64. The van der Waals surface area contributed by atoms with Gasteiger partial charge in [0.15, 0.2) is 6.61 Å². The molecule has 2 aromatic carbocycles. The van der Waals surface area contributed by atoms with E-state index in [1.165, 1.54) is 0 Å². The third-order valence-corrected chi connectivity index (χ3v) is 3.99. The fourth-order valence-corrected chi connectivity index (χ4v) is 2.59. The van der Waals surface area contributed by atoms with Gasteiger partial charge in [0.2, 0.25) is 5.91 Å². The van der Waals surface area contributed by atoms with Crippen molar-refractivity contribution in [2.45, 2.75) is 13.0 Å². The van der Waals surface area contributed by atoms with Crippen LogP contribution in [0.3, 0.4) is 0 Å². The highest BCUT2D eigenvalue weighted by Gasteiger charge is 2.17. The van der Waals surface area contributed by atoms with Gasteiger partial charge < -0.3 is 24.2 Å². The second-order valence-corrected chi connectivity index (χ2v) is 5.89. The van der Waals surface area contributed by atoms with Crippen molar-refractivity contribution in [3.05, 3.63) is 53.6 Å². The molecule has 0 unspecified atom stereocenters. The molecule has 2 aromatic rings. The Balaban J connectivity index is 2.01. The molecule has 0 aromatic heterocycles. The summed E-state index contributed by atoms with van der Waals surface area (Å²) in [5.74, 6) is 0.570. The maximum Gasteiger partial charge on any atom is 0.341 e. The van der Waals surface area contributed by atoms with Gasteiger partial charge in [-0.3, -0.25) is 4.79 Å². The van der Waals surface area contributed by atoms with Crippen LogP contribution in [0.1, 0.15) is 11.1 Å². The Morgan fingerprint density at radius 3 is 2.11 bits per heavy atom. The number of carbonyl (C=O) groups excluding carboxylic acids is 1. The molecule has 7 heteroatoms. The van der Waals surface area contributed by atoms with Gasteiger partial charge in [0, 0.05) is 19.2 Å². The van der Waals surface area contributed by atoms with E-state index in [1.54, 1.807) is 62.6 Å². The molecule has 0 atom stereocenters. The zero-order valence-corrected chi connectivity index (χ0v) is 15.6. The summed E-state index contributed by atoms with van der Waals surface area (Å²) in [5, 5.41) is 8.62. The van der Waals surface area contributed by atoms with Gasteiger partial charge in [-0.1, -0.05) is 18.2 Å². The Morgan fingerprint density at radius 2 is 1.59 bits per heavy atom. The van der Waals surface area contributed by atoms with E-state index in [-0.39, 0.29) is 12.3 Å². The number of nitrogens with zero attached hydrogens (tertiary/aromatic N) is 1. The molecule has 0 spiro atoms. The van der Waals surface area contributed by atoms with Crippen molar-refractivity contribution in [2.75, 3.05) is 27.9 Å². The van der Waals surface area contributed by atoms with E-state index in [9.17, 15) is 9.59 Å². The fraction of sp³-hybridized carbons (Fsp3) is 0.300. The molecule has 0 bridgehead atoms. The number of amides is 1. The molecule has 0 fully saturated rings. The quantitative estimate of drug-likeness (QED) is 0.726. The first-order valence-electron chi connectivity index (χ1n) is 8.32. The van der Waals surface area contributed by atoms with Crippen molar-refractivity contribution in [1.82, 2.24) is 4.90 Å². The standard InChI is InChI=1S/C20H23NO6/c1-21(12-14-7-9-15(10-8-14)27-13-20(23)24)19(22)11-16-17(25-2)5-4-6-18(16)26-3/h4-10H,11-13H2,1-3H3,(H,23,24). The lowest BCUT2D eigenvalue weighted by atomic mass is 10.1. The predicted molar refractivity (Wildman–Crippen MR) is 99.3 cm³/mol. The van der Waals surface area contributed by atoms with Crippen molar-refractivity contribution >= 4 is 11.9 Å². The van der Waals surface area contributed by atoms with Crippen LogP contribution < -0.4 is 14.2 Å². The van der Waals surface area contributed by atoms with E-state index in [4.69, 9.17) is 19.3 Å². The first-order valence-corrected chi connectivity index (χ1v) is 8.32. The van der Waals surface area contributed by atoms with Crippen LogP contribution in [-0.4, -0.2) is 49.8 Å². The summed E-state index contributed by atoms with van der Waals surface area (Å²) in [6.07, 6.45) is 0.156. The molecule has 0 radical (unpaired) electrons. The maximum absolute atomic E-state index is 12.6. The first kappa shape index (κ1) is 20.1. The van der Waals surface area contributed by atoms with Crippen LogP contribution in [0.25, 0.3) is 0 Å². The van der Waals surface area contributed by atoms with Gasteiger partial charge in [0.25, 0.3) is 0 Å². The van der Waals surface area contributed by atoms with Gasteiger partial charge in [-0.15, -0.1) is 0 Å². The number of hydrogen-bond donors (Lipinski definition) is 1. The zero-order valence-electron chi connectivity index (χ0n) is 15.6. The number of carboxylic acid groups (broad SMARTS) is 1. The number of rotatable bonds is 9. The van der Waals surface area contributed by atoms with Gasteiger partial charge in [-0.05, 0) is 29.8 Å². The Labute approximate surface area is 158 Å². The molecule has 7 nitrogen and oxygen atoms in total. The molecule has 1 N–H and O–H groups in total. The molecule has 0 aliphatic heterocycles. The Kier molecular flexibility index (Phi) is 7.05. The Morgan fingerprint density at radius 1 is 1.00 bits per heavy atom. The molecule has 0 aliphatic rings. The van der Waals surface area contributed by atoms with Crippen LogP contribution in [0.5, 0.6) is 17.2 Å². The SMILES string of the molecule is COc1cccc(OC)c1CC(=O)N(C)Cc1ccc(OCC(=O)O)cc1. The van der Waals surface area contributed by atoms with Crippen LogP contribution in [0, 0.1) is 0 Å². The van der Waals surface area contributed by atoms with Gasteiger partial charge in [-0.2, -0.15) is 0 Å². The fourth-order valence-electron chi connectivity index (χ4n) is 2.59. The third-order valence-electron chi connectivity index (χ3n) is 3.99. The summed E-state index contributed by atoms with van der Waals surface area (Å²) in [7, 11) is 4.83. The topological polar surface area (TPSA) is 85.3 Å². The summed E-state index contributed by atoms with van der Waals surface area (Å²) in [6.45, 7) is 0.0218. The summed E-state index contributed by atoms with van der Waals surface area (Å²) in [5.41, 5.74) is 1.61. The van der Waals surface area contributed by atoms with Crippen molar-refractivity contribution in [1.29, 1.82) is 0 Å². The van der Waals surface area contributed by atoms with Crippen LogP contribution in [0.2, 0.25) is 0 Å². The number of likely N-dealkylation sites (N-methyl/N-ethyl adjacent to an activating group) is 1. The van der Waals surface area contributed by atoms with E-state index in [0.717, 1.165) is 5.56 Å². The summed E-state index contributed by atoms with van der Waals surface area (Å²) >= 11 is 0. The second kappa shape index (κ2) is 9.47. The van der Waals surface area contributed by atoms with E-state index in [0.29, 0.717) is 29.4 Å². The Hall–Kier alpha value is -3.22. The average Bonchev–Trinajstić information content (AvgIpc) is 2.67. The average molecular weight is 373 g/mol. The zero-order chi connectivity index (χ0) is 19.8. The minimum absolute atomic E-state index is 0.0796. The van der Waals surface area contributed by atoms with Gasteiger partial charge in [0.1, 0.15) is 17.2 Å². The lowest BCUT2D eigenvalue weighted by molar-refractivity contribution is -0.139. The number of methoxy groups -OCH3 is 2. The molecule has 1 amide bonds. The minimum Gasteiger partial charge on any atom is -0.496 e. The van der Waals surface area contributed by atoms with Gasteiger partial charge in [0.05, 0.1) is 20.6 Å². The highest BCUT2D eigenvalue weighted by atomic mass is 16.5. The molecular formula is C20H23NO6. The molecule has 0 aliphatic carbocycles. The predicted octanol–water partition coefficient (Wildman–Crippen LogP) is 2.37. The number of aliphatic carboxylic acids is 1. The van der Waals surface area contributed by atoms with Crippen molar-refractivity contribution in [3.8, 4) is 17.2 Å². The highest BCUT2D eigenvalue weighted by molar-refractivity contribution is 5.80. The first-order chi connectivity index (χ1) is 12.9.